The number of imidazole rings is 1. The molecule has 2 aromatic rings. The van der Waals surface area contributed by atoms with Gasteiger partial charge in [-0.05, 0) is 24.8 Å². The SMILES string of the molecule is COc1ccccc1CNC(=O)c1[nH]cnc1C(=O)NCC1CCCCC1. The lowest BCUT2D eigenvalue weighted by molar-refractivity contribution is 0.0907. The van der Waals surface area contributed by atoms with Crippen molar-refractivity contribution >= 4 is 11.8 Å². The second-order valence-electron chi connectivity index (χ2n) is 6.83. The zero-order chi connectivity index (χ0) is 19.1. The van der Waals surface area contributed by atoms with E-state index in [2.05, 4.69) is 20.6 Å². The van der Waals surface area contributed by atoms with Gasteiger partial charge in [0.2, 0.25) is 0 Å². The number of para-hydroxylation sites is 1. The van der Waals surface area contributed by atoms with Crippen LogP contribution in [0.5, 0.6) is 5.75 Å². The molecule has 0 bridgehead atoms. The van der Waals surface area contributed by atoms with E-state index in [1.165, 1.54) is 25.6 Å². The van der Waals surface area contributed by atoms with Gasteiger partial charge in [0.1, 0.15) is 11.4 Å². The van der Waals surface area contributed by atoms with Crippen LogP contribution in [0.1, 0.15) is 58.6 Å². The molecule has 3 N–H and O–H groups in total. The first-order valence-corrected chi connectivity index (χ1v) is 9.40. The Balaban J connectivity index is 1.58. The highest BCUT2D eigenvalue weighted by Gasteiger charge is 2.22. The van der Waals surface area contributed by atoms with Gasteiger partial charge >= 0.3 is 0 Å². The molecule has 1 aromatic heterocycles. The second kappa shape index (κ2) is 9.21. The molecule has 0 saturated heterocycles. The van der Waals surface area contributed by atoms with Crippen molar-refractivity contribution < 1.29 is 14.3 Å². The highest BCUT2D eigenvalue weighted by atomic mass is 16.5. The Labute approximate surface area is 158 Å². The predicted molar refractivity (Wildman–Crippen MR) is 102 cm³/mol. The Kier molecular flexibility index (Phi) is 6.46. The average molecular weight is 370 g/mol. The number of rotatable bonds is 7. The van der Waals surface area contributed by atoms with Crippen molar-refractivity contribution in [3.05, 3.63) is 47.5 Å². The van der Waals surface area contributed by atoms with Gasteiger partial charge in [0.25, 0.3) is 11.8 Å². The molecule has 0 spiro atoms. The van der Waals surface area contributed by atoms with Crippen LogP contribution in [0, 0.1) is 5.92 Å². The number of nitrogens with zero attached hydrogens (tertiary/aromatic N) is 1. The van der Waals surface area contributed by atoms with Gasteiger partial charge in [0.05, 0.1) is 13.4 Å². The number of nitrogens with one attached hydrogen (secondary N) is 3. The zero-order valence-corrected chi connectivity index (χ0v) is 15.6. The average Bonchev–Trinajstić information content (AvgIpc) is 3.21. The minimum atomic E-state index is -0.374. The summed E-state index contributed by atoms with van der Waals surface area (Å²) < 4.78 is 5.28. The lowest BCUT2D eigenvalue weighted by atomic mass is 9.89. The fourth-order valence-electron chi connectivity index (χ4n) is 3.46. The molecule has 1 aliphatic rings. The smallest absolute Gasteiger partial charge is 0.272 e. The minimum absolute atomic E-state index is 0.128. The first kappa shape index (κ1) is 18.9. The highest BCUT2D eigenvalue weighted by molar-refractivity contribution is 6.04. The summed E-state index contributed by atoms with van der Waals surface area (Å²) in [5.74, 6) is 0.530. The van der Waals surface area contributed by atoms with E-state index in [4.69, 9.17) is 4.74 Å². The van der Waals surface area contributed by atoms with Gasteiger partial charge in [-0.1, -0.05) is 37.5 Å². The summed E-state index contributed by atoms with van der Waals surface area (Å²) >= 11 is 0. The van der Waals surface area contributed by atoms with Crippen molar-refractivity contribution in [3.63, 3.8) is 0 Å². The number of hydrogen-bond acceptors (Lipinski definition) is 4. The van der Waals surface area contributed by atoms with Crippen molar-refractivity contribution in [3.8, 4) is 5.75 Å². The number of hydrogen-bond donors (Lipinski definition) is 3. The van der Waals surface area contributed by atoms with E-state index < -0.39 is 0 Å². The van der Waals surface area contributed by atoms with Crippen LogP contribution in [0.3, 0.4) is 0 Å². The Morgan fingerprint density at radius 2 is 1.93 bits per heavy atom. The Bertz CT molecular complexity index is 781. The van der Waals surface area contributed by atoms with Gasteiger partial charge in [0, 0.05) is 18.7 Å². The van der Waals surface area contributed by atoms with Crippen molar-refractivity contribution in [2.75, 3.05) is 13.7 Å². The van der Waals surface area contributed by atoms with Crippen LogP contribution in [0.4, 0.5) is 0 Å². The van der Waals surface area contributed by atoms with E-state index in [1.54, 1.807) is 7.11 Å². The van der Waals surface area contributed by atoms with Crippen LogP contribution >= 0.6 is 0 Å². The summed E-state index contributed by atoms with van der Waals surface area (Å²) in [7, 11) is 1.59. The van der Waals surface area contributed by atoms with E-state index in [9.17, 15) is 9.59 Å². The topological polar surface area (TPSA) is 96.1 Å². The highest BCUT2D eigenvalue weighted by Crippen LogP contribution is 2.23. The van der Waals surface area contributed by atoms with E-state index in [1.807, 2.05) is 24.3 Å². The van der Waals surface area contributed by atoms with Crippen molar-refractivity contribution in [1.29, 1.82) is 0 Å². The van der Waals surface area contributed by atoms with Gasteiger partial charge in [0.15, 0.2) is 5.69 Å². The zero-order valence-electron chi connectivity index (χ0n) is 15.6. The molecule has 0 unspecified atom stereocenters. The van der Waals surface area contributed by atoms with Crippen LogP contribution in [0.15, 0.2) is 30.6 Å². The normalized spacial score (nSPS) is 14.6. The van der Waals surface area contributed by atoms with E-state index in [0.717, 1.165) is 18.4 Å². The van der Waals surface area contributed by atoms with Gasteiger partial charge in [-0.3, -0.25) is 9.59 Å². The quantitative estimate of drug-likeness (QED) is 0.698. The maximum atomic E-state index is 12.5. The van der Waals surface area contributed by atoms with Crippen molar-refractivity contribution in [2.45, 2.75) is 38.6 Å². The van der Waals surface area contributed by atoms with Crippen molar-refractivity contribution in [1.82, 2.24) is 20.6 Å². The molecule has 0 radical (unpaired) electrons. The van der Waals surface area contributed by atoms with Gasteiger partial charge < -0.3 is 20.4 Å². The largest absolute Gasteiger partial charge is 0.496 e. The Morgan fingerprint density at radius 1 is 1.15 bits per heavy atom. The molecular weight excluding hydrogens is 344 g/mol. The second-order valence-corrected chi connectivity index (χ2v) is 6.83. The maximum Gasteiger partial charge on any atom is 0.272 e. The van der Waals surface area contributed by atoms with Crippen LogP contribution in [0.2, 0.25) is 0 Å². The number of carbonyl (C=O) groups is 2. The fraction of sp³-hybridized carbons (Fsp3) is 0.450. The molecule has 7 heteroatoms. The van der Waals surface area contributed by atoms with Crippen LogP contribution in [-0.2, 0) is 6.54 Å². The number of H-pyrrole nitrogens is 1. The summed E-state index contributed by atoms with van der Waals surface area (Å²) in [4.78, 5) is 31.8. The standard InChI is InChI=1S/C20H26N4O3/c1-27-16-10-6-5-9-15(16)12-22-20(26)18-17(23-13-24-18)19(25)21-11-14-7-3-2-4-8-14/h5-6,9-10,13-14H,2-4,7-8,11-12H2,1H3,(H,21,25)(H,22,26)(H,23,24). The van der Waals surface area contributed by atoms with E-state index >= 15 is 0 Å². The summed E-state index contributed by atoms with van der Waals surface area (Å²) in [6.07, 6.45) is 7.38. The molecule has 144 valence electrons. The lowest BCUT2D eigenvalue weighted by Gasteiger charge is -2.21. The molecule has 1 aromatic carbocycles. The molecule has 0 atom stereocenters. The molecule has 2 amide bonds. The first-order valence-electron chi connectivity index (χ1n) is 9.40. The number of methoxy groups -OCH3 is 1. The van der Waals surface area contributed by atoms with Crippen LogP contribution in [-0.4, -0.2) is 35.4 Å². The van der Waals surface area contributed by atoms with E-state index in [0.29, 0.717) is 24.8 Å². The fourth-order valence-corrected chi connectivity index (χ4v) is 3.46. The molecule has 3 rings (SSSR count). The predicted octanol–water partition coefficient (Wildman–Crippen LogP) is 2.66. The molecule has 27 heavy (non-hydrogen) atoms. The molecular formula is C20H26N4O3. The third kappa shape index (κ3) is 4.87. The molecule has 1 fully saturated rings. The maximum absolute atomic E-state index is 12.5. The molecule has 7 nitrogen and oxygen atoms in total. The summed E-state index contributed by atoms with van der Waals surface area (Å²) in [5, 5.41) is 5.73. The third-order valence-corrected chi connectivity index (χ3v) is 4.99. The Morgan fingerprint density at radius 3 is 2.70 bits per heavy atom. The van der Waals surface area contributed by atoms with Gasteiger partial charge in [-0.15, -0.1) is 0 Å². The molecule has 1 saturated carbocycles. The monoisotopic (exact) mass is 370 g/mol. The van der Waals surface area contributed by atoms with Crippen molar-refractivity contribution in [2.24, 2.45) is 5.92 Å². The number of amides is 2. The summed E-state index contributed by atoms with van der Waals surface area (Å²) in [5.41, 5.74) is 1.16. The van der Waals surface area contributed by atoms with Crippen LogP contribution < -0.4 is 15.4 Å². The number of aromatic amines is 1. The molecule has 0 aliphatic heterocycles. The number of benzene rings is 1. The van der Waals surface area contributed by atoms with Crippen LogP contribution in [0.25, 0.3) is 0 Å². The van der Waals surface area contributed by atoms with E-state index in [-0.39, 0.29) is 23.2 Å². The number of aromatic nitrogens is 2. The minimum Gasteiger partial charge on any atom is -0.496 e. The van der Waals surface area contributed by atoms with Gasteiger partial charge in [-0.25, -0.2) is 4.98 Å². The summed E-state index contributed by atoms with van der Waals surface area (Å²) in [6, 6.07) is 7.46. The summed E-state index contributed by atoms with van der Waals surface area (Å²) in [6.45, 7) is 0.930. The Hall–Kier alpha value is -2.83. The molecule has 1 heterocycles. The third-order valence-electron chi connectivity index (χ3n) is 4.99. The molecule has 1 aliphatic carbocycles. The van der Waals surface area contributed by atoms with Gasteiger partial charge in [-0.2, -0.15) is 0 Å². The first-order chi connectivity index (χ1) is 13.2. The lowest BCUT2D eigenvalue weighted by Crippen LogP contribution is -2.33. The number of carbonyl (C=O) groups excluding carboxylic acids is 2. The number of ether oxygens (including phenoxy) is 1.